The van der Waals surface area contributed by atoms with Crippen molar-refractivity contribution < 1.29 is 19.0 Å². The summed E-state index contributed by atoms with van der Waals surface area (Å²) in [5.41, 5.74) is -0.784. The van der Waals surface area contributed by atoms with Gasteiger partial charge in [-0.15, -0.1) is 0 Å². The number of pyridine rings is 1. The van der Waals surface area contributed by atoms with Crippen LogP contribution >= 0.6 is 0 Å². The fourth-order valence-electron chi connectivity index (χ4n) is 3.58. The van der Waals surface area contributed by atoms with Crippen LogP contribution in [0, 0.1) is 0 Å². The Morgan fingerprint density at radius 2 is 2.16 bits per heavy atom. The van der Waals surface area contributed by atoms with Crippen molar-refractivity contribution in [3.05, 3.63) is 59.4 Å². The number of alkyl halides is 1. The van der Waals surface area contributed by atoms with E-state index in [-0.39, 0.29) is 30.1 Å². The third kappa shape index (κ3) is 2.76. The zero-order valence-corrected chi connectivity index (χ0v) is 13.6. The number of carbonyl (C=O) groups excluding carboxylic acids is 1. The molecule has 25 heavy (non-hydrogen) atoms. The summed E-state index contributed by atoms with van der Waals surface area (Å²) in [6, 6.07) is 10.4. The van der Waals surface area contributed by atoms with E-state index in [1.165, 1.54) is 12.3 Å². The molecule has 0 saturated carbocycles. The molecule has 130 valence electrons. The van der Waals surface area contributed by atoms with Gasteiger partial charge in [-0.3, -0.25) is 9.78 Å². The number of aromatic nitrogens is 1. The number of aliphatic hydroxyl groups is 1. The second-order valence-corrected chi connectivity index (χ2v) is 6.59. The van der Waals surface area contributed by atoms with Crippen molar-refractivity contribution in [3.63, 3.8) is 0 Å². The predicted molar refractivity (Wildman–Crippen MR) is 88.8 cm³/mol. The minimum absolute atomic E-state index is 0.0666. The van der Waals surface area contributed by atoms with Gasteiger partial charge in [0.05, 0.1) is 17.8 Å². The number of amides is 1. The molecule has 2 N–H and O–H groups in total. The highest BCUT2D eigenvalue weighted by Gasteiger charge is 2.47. The van der Waals surface area contributed by atoms with Gasteiger partial charge in [-0.05, 0) is 37.0 Å². The number of halogens is 1. The minimum atomic E-state index is -2.18. The van der Waals surface area contributed by atoms with E-state index in [2.05, 4.69) is 10.3 Å². The normalized spacial score (nSPS) is 27.6. The number of carbonyl (C=O) groups is 1. The summed E-state index contributed by atoms with van der Waals surface area (Å²) in [4.78, 5) is 16.8. The summed E-state index contributed by atoms with van der Waals surface area (Å²) in [5, 5.41) is 12.8. The molecule has 3 atom stereocenters. The number of para-hydroxylation sites is 1. The lowest BCUT2D eigenvalue weighted by molar-refractivity contribution is -0.136. The fourth-order valence-corrected chi connectivity index (χ4v) is 3.58. The van der Waals surface area contributed by atoms with Gasteiger partial charge in [-0.25, -0.2) is 4.39 Å². The molecule has 0 spiro atoms. The number of benzene rings is 1. The summed E-state index contributed by atoms with van der Waals surface area (Å²) in [5.74, 6) is 0.111. The first-order valence-electron chi connectivity index (χ1n) is 8.42. The second-order valence-electron chi connectivity index (χ2n) is 6.59. The van der Waals surface area contributed by atoms with Gasteiger partial charge >= 0.3 is 0 Å². The van der Waals surface area contributed by atoms with Crippen LogP contribution in [0.4, 0.5) is 4.39 Å². The lowest BCUT2D eigenvalue weighted by atomic mass is 9.80. The molecule has 0 saturated heterocycles. The Kier molecular flexibility index (Phi) is 3.92. The van der Waals surface area contributed by atoms with Crippen molar-refractivity contribution in [1.29, 1.82) is 0 Å². The third-order valence-electron chi connectivity index (χ3n) is 4.92. The Balaban J connectivity index is 1.55. The van der Waals surface area contributed by atoms with E-state index in [9.17, 15) is 9.90 Å². The average Bonchev–Trinajstić information content (AvgIpc) is 2.65. The SMILES string of the molecule is O=C(NC1COc2ccccc2C1)[C@]1(F)CC[C@H](O)c2ncccc21. The highest BCUT2D eigenvalue weighted by Crippen LogP contribution is 2.42. The molecule has 1 aliphatic carbocycles. The van der Waals surface area contributed by atoms with E-state index in [0.717, 1.165) is 11.3 Å². The molecule has 6 heteroatoms. The maximum absolute atomic E-state index is 15.6. The van der Waals surface area contributed by atoms with Gasteiger partial charge in [0.2, 0.25) is 5.67 Å². The van der Waals surface area contributed by atoms with Crippen molar-refractivity contribution >= 4 is 5.91 Å². The van der Waals surface area contributed by atoms with Gasteiger partial charge in [-0.2, -0.15) is 0 Å². The van der Waals surface area contributed by atoms with Crippen LogP contribution in [0.3, 0.4) is 0 Å². The summed E-state index contributed by atoms with van der Waals surface area (Å²) < 4.78 is 21.2. The van der Waals surface area contributed by atoms with Crippen LogP contribution in [0.25, 0.3) is 0 Å². The Morgan fingerprint density at radius 1 is 1.32 bits per heavy atom. The van der Waals surface area contributed by atoms with E-state index >= 15 is 4.39 Å². The molecule has 0 fully saturated rings. The zero-order valence-electron chi connectivity index (χ0n) is 13.6. The van der Waals surface area contributed by atoms with E-state index in [4.69, 9.17) is 4.74 Å². The summed E-state index contributed by atoms with van der Waals surface area (Å²) in [6.07, 6.45) is 1.36. The van der Waals surface area contributed by atoms with Gasteiger partial charge in [0.25, 0.3) is 5.91 Å². The fraction of sp³-hybridized carbons (Fsp3) is 0.368. The number of ether oxygens (including phenoxy) is 1. The maximum Gasteiger partial charge on any atom is 0.262 e. The lowest BCUT2D eigenvalue weighted by Gasteiger charge is -2.34. The first-order valence-corrected chi connectivity index (χ1v) is 8.42. The minimum Gasteiger partial charge on any atom is -0.491 e. The highest BCUT2D eigenvalue weighted by molar-refractivity contribution is 5.87. The van der Waals surface area contributed by atoms with Crippen molar-refractivity contribution in [2.45, 2.75) is 37.1 Å². The summed E-state index contributed by atoms with van der Waals surface area (Å²) in [6.45, 7) is 0.307. The summed E-state index contributed by atoms with van der Waals surface area (Å²) in [7, 11) is 0. The van der Waals surface area contributed by atoms with Crippen molar-refractivity contribution in [2.24, 2.45) is 0 Å². The standard InChI is InChI=1S/C19H19FN2O3/c20-19(8-7-15(23)17-14(19)5-3-9-21-17)18(24)22-13-10-12-4-1-2-6-16(12)25-11-13/h1-6,9,13,15,23H,7-8,10-11H2,(H,22,24)/t13?,15-,19-/m0/s1. The van der Waals surface area contributed by atoms with Crippen LogP contribution in [0.15, 0.2) is 42.6 Å². The molecular weight excluding hydrogens is 323 g/mol. The van der Waals surface area contributed by atoms with Crippen molar-refractivity contribution in [2.75, 3.05) is 6.61 Å². The molecule has 1 aromatic carbocycles. The van der Waals surface area contributed by atoms with E-state index in [0.29, 0.717) is 13.0 Å². The molecule has 2 heterocycles. The van der Waals surface area contributed by atoms with Crippen LogP contribution < -0.4 is 10.1 Å². The van der Waals surface area contributed by atoms with Crippen molar-refractivity contribution in [1.82, 2.24) is 10.3 Å². The number of hydrogen-bond acceptors (Lipinski definition) is 4. The quantitative estimate of drug-likeness (QED) is 0.878. The lowest BCUT2D eigenvalue weighted by Crippen LogP contribution is -2.51. The largest absolute Gasteiger partial charge is 0.491 e. The van der Waals surface area contributed by atoms with Crippen LogP contribution in [0.1, 0.15) is 35.8 Å². The molecule has 1 amide bonds. The van der Waals surface area contributed by atoms with Gasteiger partial charge in [0.1, 0.15) is 12.4 Å². The Hall–Kier alpha value is -2.47. The molecule has 1 aliphatic heterocycles. The van der Waals surface area contributed by atoms with Gasteiger partial charge in [0, 0.05) is 11.8 Å². The number of nitrogens with zero attached hydrogens (tertiary/aromatic N) is 1. The topological polar surface area (TPSA) is 71.5 Å². The first kappa shape index (κ1) is 16.0. The molecular formula is C19H19FN2O3. The van der Waals surface area contributed by atoms with Gasteiger partial charge < -0.3 is 15.2 Å². The number of fused-ring (bicyclic) bond motifs is 2. The maximum atomic E-state index is 15.6. The van der Waals surface area contributed by atoms with E-state index < -0.39 is 17.7 Å². The zero-order chi connectivity index (χ0) is 17.4. The molecule has 2 aromatic rings. The van der Waals surface area contributed by atoms with Gasteiger partial charge in [-0.1, -0.05) is 24.3 Å². The highest BCUT2D eigenvalue weighted by atomic mass is 19.1. The first-order chi connectivity index (χ1) is 12.1. The average molecular weight is 342 g/mol. The second kappa shape index (κ2) is 6.11. The number of rotatable bonds is 2. The predicted octanol–water partition coefficient (Wildman–Crippen LogP) is 2.19. The van der Waals surface area contributed by atoms with E-state index in [1.807, 2.05) is 24.3 Å². The van der Waals surface area contributed by atoms with Crippen LogP contribution in [0.5, 0.6) is 5.75 Å². The Bertz CT molecular complexity index is 813. The molecule has 0 bridgehead atoms. The summed E-state index contributed by atoms with van der Waals surface area (Å²) >= 11 is 0. The van der Waals surface area contributed by atoms with Gasteiger partial charge in [0.15, 0.2) is 0 Å². The van der Waals surface area contributed by atoms with Crippen molar-refractivity contribution in [3.8, 4) is 5.75 Å². The third-order valence-corrected chi connectivity index (χ3v) is 4.92. The molecule has 1 aromatic heterocycles. The number of aliphatic hydroxyl groups excluding tert-OH is 1. The molecule has 4 rings (SSSR count). The monoisotopic (exact) mass is 342 g/mol. The Labute approximate surface area is 144 Å². The van der Waals surface area contributed by atoms with Crippen LogP contribution in [-0.2, 0) is 16.9 Å². The Morgan fingerprint density at radius 3 is 3.04 bits per heavy atom. The van der Waals surface area contributed by atoms with Crippen LogP contribution in [-0.4, -0.2) is 28.6 Å². The molecule has 5 nitrogen and oxygen atoms in total. The molecule has 0 radical (unpaired) electrons. The smallest absolute Gasteiger partial charge is 0.262 e. The van der Waals surface area contributed by atoms with Crippen LogP contribution in [0.2, 0.25) is 0 Å². The van der Waals surface area contributed by atoms with E-state index in [1.54, 1.807) is 6.07 Å². The number of hydrogen-bond donors (Lipinski definition) is 2. The molecule has 1 unspecified atom stereocenters. The number of nitrogens with one attached hydrogen (secondary N) is 1. The molecule has 2 aliphatic rings.